The van der Waals surface area contributed by atoms with Gasteiger partial charge >= 0.3 is 5.97 Å². The molecular formula is C20H16FNO4S2. The van der Waals surface area contributed by atoms with Gasteiger partial charge in [-0.25, -0.2) is 4.39 Å². The number of halogens is 1. The van der Waals surface area contributed by atoms with Crippen LogP contribution in [0.2, 0.25) is 0 Å². The van der Waals surface area contributed by atoms with Gasteiger partial charge in [0.15, 0.2) is 0 Å². The van der Waals surface area contributed by atoms with Crippen LogP contribution < -0.4 is 4.74 Å². The predicted molar refractivity (Wildman–Crippen MR) is 109 cm³/mol. The monoisotopic (exact) mass is 417 g/mol. The molecule has 2 aromatic carbocycles. The third kappa shape index (κ3) is 4.96. The minimum atomic E-state index is -0.530. The highest BCUT2D eigenvalue weighted by atomic mass is 32.2. The van der Waals surface area contributed by atoms with Gasteiger partial charge < -0.3 is 9.47 Å². The first-order chi connectivity index (χ1) is 13.5. The summed E-state index contributed by atoms with van der Waals surface area (Å²) < 4.78 is 23.7. The molecule has 3 rings (SSSR count). The Morgan fingerprint density at radius 1 is 1.25 bits per heavy atom. The third-order valence-corrected chi connectivity index (χ3v) is 5.24. The van der Waals surface area contributed by atoms with E-state index in [4.69, 9.17) is 17.0 Å². The van der Waals surface area contributed by atoms with Gasteiger partial charge in [0, 0.05) is 0 Å². The average molecular weight is 417 g/mol. The highest BCUT2D eigenvalue weighted by Crippen LogP contribution is 2.32. The molecule has 1 amide bonds. The summed E-state index contributed by atoms with van der Waals surface area (Å²) in [6.45, 7) is 0.0503. The van der Waals surface area contributed by atoms with Crippen LogP contribution in [0.15, 0.2) is 53.4 Å². The molecule has 0 atom stereocenters. The fraction of sp³-hybridized carbons (Fsp3) is 0.150. The van der Waals surface area contributed by atoms with Gasteiger partial charge in [0.25, 0.3) is 5.91 Å². The first kappa shape index (κ1) is 20.0. The Labute approximate surface area is 171 Å². The van der Waals surface area contributed by atoms with Crippen molar-refractivity contribution in [2.24, 2.45) is 0 Å². The molecule has 1 aliphatic heterocycles. The summed E-state index contributed by atoms with van der Waals surface area (Å²) in [6, 6.07) is 13.3. The van der Waals surface area contributed by atoms with Crippen molar-refractivity contribution in [2.45, 2.75) is 6.61 Å². The van der Waals surface area contributed by atoms with Gasteiger partial charge in [0.1, 0.15) is 29.0 Å². The Kier molecular flexibility index (Phi) is 6.43. The number of carbonyl (C=O) groups is 2. The lowest BCUT2D eigenvalue weighted by atomic mass is 10.2. The van der Waals surface area contributed by atoms with E-state index in [1.54, 1.807) is 42.5 Å². The smallest absolute Gasteiger partial charge is 0.325 e. The zero-order valence-corrected chi connectivity index (χ0v) is 16.5. The number of hydrogen-bond acceptors (Lipinski definition) is 6. The molecular weight excluding hydrogens is 401 g/mol. The van der Waals surface area contributed by atoms with Crippen molar-refractivity contribution in [1.29, 1.82) is 0 Å². The van der Waals surface area contributed by atoms with Gasteiger partial charge in [-0.3, -0.25) is 14.5 Å². The van der Waals surface area contributed by atoms with Crippen molar-refractivity contribution in [3.05, 3.63) is 70.4 Å². The molecule has 0 radical (unpaired) electrons. The topological polar surface area (TPSA) is 55.8 Å². The zero-order valence-electron chi connectivity index (χ0n) is 14.9. The van der Waals surface area contributed by atoms with E-state index < -0.39 is 5.97 Å². The number of hydrogen-bond donors (Lipinski definition) is 0. The van der Waals surface area contributed by atoms with E-state index >= 15 is 0 Å². The van der Waals surface area contributed by atoms with E-state index in [2.05, 4.69) is 4.74 Å². The zero-order chi connectivity index (χ0) is 20.1. The lowest BCUT2D eigenvalue weighted by molar-refractivity contribution is -0.143. The first-order valence-electron chi connectivity index (χ1n) is 8.26. The molecule has 0 unspecified atom stereocenters. The number of benzene rings is 2. The van der Waals surface area contributed by atoms with E-state index in [0.717, 1.165) is 22.9 Å². The maximum atomic E-state index is 13.2. The Bertz CT molecular complexity index is 943. The van der Waals surface area contributed by atoms with Crippen LogP contribution >= 0.6 is 24.0 Å². The van der Waals surface area contributed by atoms with Gasteiger partial charge in [-0.2, -0.15) is 0 Å². The number of carbonyl (C=O) groups excluding carboxylic acids is 2. The highest BCUT2D eigenvalue weighted by molar-refractivity contribution is 8.26. The molecule has 0 spiro atoms. The lowest BCUT2D eigenvalue weighted by Gasteiger charge is -2.11. The highest BCUT2D eigenvalue weighted by Gasteiger charge is 2.33. The molecule has 2 aromatic rings. The molecule has 1 aliphatic rings. The quantitative estimate of drug-likeness (QED) is 0.405. The second kappa shape index (κ2) is 8.99. The Morgan fingerprint density at radius 2 is 2.00 bits per heavy atom. The lowest BCUT2D eigenvalue weighted by Crippen LogP contribution is -2.33. The number of nitrogens with zero attached hydrogens (tertiary/aromatic N) is 1. The summed E-state index contributed by atoms with van der Waals surface area (Å²) in [5.41, 5.74) is 1.52. The predicted octanol–water partition coefficient (Wildman–Crippen LogP) is 3.78. The van der Waals surface area contributed by atoms with E-state index in [0.29, 0.717) is 15.0 Å². The molecule has 0 aromatic heterocycles. The number of thioether (sulfide) groups is 1. The summed E-state index contributed by atoms with van der Waals surface area (Å²) in [5.74, 6) is -0.537. The summed E-state index contributed by atoms with van der Waals surface area (Å²) >= 11 is 6.30. The second-order valence-corrected chi connectivity index (χ2v) is 7.51. The number of ether oxygens (including phenoxy) is 2. The van der Waals surface area contributed by atoms with Crippen LogP contribution in [0.1, 0.15) is 11.1 Å². The fourth-order valence-electron chi connectivity index (χ4n) is 2.44. The van der Waals surface area contributed by atoms with Crippen LogP contribution in [-0.4, -0.2) is 34.8 Å². The van der Waals surface area contributed by atoms with E-state index in [-0.39, 0.29) is 24.9 Å². The van der Waals surface area contributed by atoms with Gasteiger partial charge in [-0.05, 0) is 41.5 Å². The number of esters is 1. The number of methoxy groups -OCH3 is 1. The number of amides is 1. The average Bonchev–Trinajstić information content (AvgIpc) is 2.94. The van der Waals surface area contributed by atoms with Crippen molar-refractivity contribution < 1.29 is 23.5 Å². The normalized spacial score (nSPS) is 15.2. The summed E-state index contributed by atoms with van der Waals surface area (Å²) in [4.78, 5) is 25.5. The maximum absolute atomic E-state index is 13.2. The Morgan fingerprint density at radius 3 is 2.68 bits per heavy atom. The van der Waals surface area contributed by atoms with E-state index in [1.165, 1.54) is 24.1 Å². The second-order valence-electron chi connectivity index (χ2n) is 5.83. The van der Waals surface area contributed by atoms with Crippen molar-refractivity contribution in [1.82, 2.24) is 4.90 Å². The van der Waals surface area contributed by atoms with Crippen LogP contribution in [0, 0.1) is 5.82 Å². The van der Waals surface area contributed by atoms with Gasteiger partial charge in [-0.1, -0.05) is 48.2 Å². The van der Waals surface area contributed by atoms with Crippen LogP contribution in [-0.2, 0) is 20.9 Å². The Hall–Kier alpha value is -2.71. The summed E-state index contributed by atoms with van der Waals surface area (Å²) in [7, 11) is 1.26. The van der Waals surface area contributed by atoms with Crippen LogP contribution in [0.25, 0.3) is 6.08 Å². The number of thiocarbonyl (C=S) groups is 1. The standard InChI is InChI=1S/C20H16FNO4S2/c1-25-18(23)11-22-19(24)17(28-20(22)27)10-13-5-7-16(8-6-13)26-12-14-3-2-4-15(21)9-14/h2-10H,11-12H2,1H3/b17-10-. The van der Waals surface area contributed by atoms with Gasteiger partial charge in [0.05, 0.1) is 12.0 Å². The minimum Gasteiger partial charge on any atom is -0.489 e. The molecule has 0 aliphatic carbocycles. The molecule has 1 saturated heterocycles. The van der Waals surface area contributed by atoms with Gasteiger partial charge in [0.2, 0.25) is 0 Å². The largest absolute Gasteiger partial charge is 0.489 e. The summed E-state index contributed by atoms with van der Waals surface area (Å²) in [5, 5.41) is 0. The van der Waals surface area contributed by atoms with Crippen LogP contribution in [0.3, 0.4) is 0 Å². The van der Waals surface area contributed by atoms with E-state index in [9.17, 15) is 14.0 Å². The van der Waals surface area contributed by atoms with Gasteiger partial charge in [-0.15, -0.1) is 0 Å². The first-order valence-corrected chi connectivity index (χ1v) is 9.48. The SMILES string of the molecule is COC(=O)CN1C(=O)/C(=C/c2ccc(OCc3cccc(F)c3)cc2)SC1=S. The van der Waals surface area contributed by atoms with E-state index in [1.807, 2.05) is 0 Å². The molecule has 5 nitrogen and oxygen atoms in total. The third-order valence-electron chi connectivity index (χ3n) is 3.86. The molecule has 1 heterocycles. The van der Waals surface area contributed by atoms with Crippen molar-refractivity contribution in [2.75, 3.05) is 13.7 Å². The minimum absolute atomic E-state index is 0.203. The molecule has 8 heteroatoms. The van der Waals surface area contributed by atoms with Crippen molar-refractivity contribution >= 4 is 46.3 Å². The van der Waals surface area contributed by atoms with Crippen molar-refractivity contribution in [3.8, 4) is 5.75 Å². The molecule has 144 valence electrons. The summed E-state index contributed by atoms with van der Waals surface area (Å²) in [6.07, 6.45) is 1.70. The molecule has 0 saturated carbocycles. The molecule has 0 N–H and O–H groups in total. The van der Waals surface area contributed by atoms with Crippen LogP contribution in [0.5, 0.6) is 5.75 Å². The van der Waals surface area contributed by atoms with Crippen LogP contribution in [0.4, 0.5) is 4.39 Å². The fourth-order valence-corrected chi connectivity index (χ4v) is 3.69. The van der Waals surface area contributed by atoms with Crippen molar-refractivity contribution in [3.63, 3.8) is 0 Å². The molecule has 28 heavy (non-hydrogen) atoms. The molecule has 0 bridgehead atoms. The Balaban J connectivity index is 1.64. The number of rotatable bonds is 6. The maximum Gasteiger partial charge on any atom is 0.325 e. The molecule has 1 fully saturated rings.